The lowest BCUT2D eigenvalue weighted by atomic mass is 10.0. The minimum absolute atomic E-state index is 0.0522. The summed E-state index contributed by atoms with van der Waals surface area (Å²) in [5, 5.41) is 0. The molecule has 0 radical (unpaired) electrons. The number of nitrogens with two attached hydrogens (primary N) is 1. The standard InChI is InChI=1S/C79H142NO8P/c1-3-5-7-9-11-13-15-17-19-21-23-25-27-29-31-33-35-36-37-38-39-40-42-43-45-47-49-51-53-55-57-59-61-63-65-67-69-71-78(81)85-75-77(76-87-89(83,84)86-74-73-80)88-79(82)72-70-68-66-64-62-60-58-56-54-52-50-48-46-44-41-34-32-30-28-26-24-22-20-18-16-14-12-10-8-6-4-2/h6,8,12,14-15,17-18,20-21,23-24,26-27,29-30,32,77H,3-5,7,9-11,13,16,19,22,25,28,31,33-76,80H2,1-2H3,(H,83,84)/b8-6-,14-12-,17-15-,20-18-,23-21-,26-24-,29-27-,32-30-. The van der Waals surface area contributed by atoms with Crippen LogP contribution in [0.4, 0.5) is 0 Å². The number of esters is 2. The summed E-state index contributed by atoms with van der Waals surface area (Å²) in [6.07, 6.45) is 101. The van der Waals surface area contributed by atoms with E-state index in [0.29, 0.717) is 6.42 Å². The zero-order valence-corrected chi connectivity index (χ0v) is 59.1. The van der Waals surface area contributed by atoms with Crippen LogP contribution < -0.4 is 5.73 Å². The Labute approximate surface area is 550 Å². The Morgan fingerprint density at radius 1 is 0.348 bits per heavy atom. The molecule has 0 heterocycles. The van der Waals surface area contributed by atoms with Gasteiger partial charge in [-0.05, 0) is 96.3 Å². The third kappa shape index (κ3) is 73.9. The monoisotopic (exact) mass is 1260 g/mol. The number of carbonyl (C=O) groups excluding carboxylic acids is 2. The normalized spacial score (nSPS) is 13.4. The lowest BCUT2D eigenvalue weighted by Crippen LogP contribution is -2.29. The lowest BCUT2D eigenvalue weighted by molar-refractivity contribution is -0.161. The van der Waals surface area contributed by atoms with Crippen molar-refractivity contribution in [2.45, 2.75) is 367 Å². The van der Waals surface area contributed by atoms with Crippen LogP contribution in [-0.2, 0) is 32.7 Å². The first-order valence-corrected chi connectivity index (χ1v) is 39.2. The first kappa shape index (κ1) is 85.9. The third-order valence-corrected chi connectivity index (χ3v) is 17.4. The van der Waals surface area contributed by atoms with Gasteiger partial charge in [-0.3, -0.25) is 18.6 Å². The smallest absolute Gasteiger partial charge is 0.462 e. The van der Waals surface area contributed by atoms with Crippen LogP contribution in [0.25, 0.3) is 0 Å². The molecule has 89 heavy (non-hydrogen) atoms. The van der Waals surface area contributed by atoms with E-state index in [1.165, 1.54) is 244 Å². The van der Waals surface area contributed by atoms with Gasteiger partial charge in [-0.25, -0.2) is 4.57 Å². The summed E-state index contributed by atoms with van der Waals surface area (Å²) in [5.41, 5.74) is 5.41. The molecule has 10 heteroatoms. The molecule has 0 fully saturated rings. The molecule has 0 rings (SSSR count). The highest BCUT2D eigenvalue weighted by atomic mass is 31.2. The lowest BCUT2D eigenvalue weighted by Gasteiger charge is -2.19. The Hall–Kier alpha value is -3.07. The largest absolute Gasteiger partial charge is 0.472 e. The number of phosphoric ester groups is 1. The van der Waals surface area contributed by atoms with E-state index in [9.17, 15) is 19.0 Å². The maximum absolute atomic E-state index is 12.8. The first-order chi connectivity index (χ1) is 43.8. The summed E-state index contributed by atoms with van der Waals surface area (Å²) < 4.78 is 33.2. The van der Waals surface area contributed by atoms with Crippen LogP contribution in [0.3, 0.4) is 0 Å². The Bertz CT molecular complexity index is 1780. The molecule has 0 saturated heterocycles. The summed E-state index contributed by atoms with van der Waals surface area (Å²) >= 11 is 0. The highest BCUT2D eigenvalue weighted by Crippen LogP contribution is 2.43. The average molecular weight is 1260 g/mol. The van der Waals surface area contributed by atoms with E-state index < -0.39 is 26.5 Å². The predicted molar refractivity (Wildman–Crippen MR) is 385 cm³/mol. The van der Waals surface area contributed by atoms with Gasteiger partial charge >= 0.3 is 19.8 Å². The molecule has 0 aromatic heterocycles. The van der Waals surface area contributed by atoms with Crippen LogP contribution in [0.2, 0.25) is 0 Å². The topological polar surface area (TPSA) is 134 Å². The molecular formula is C79H142NO8P. The number of phosphoric acid groups is 1. The maximum Gasteiger partial charge on any atom is 0.472 e. The number of ether oxygens (including phenoxy) is 2. The van der Waals surface area contributed by atoms with Crippen molar-refractivity contribution < 1.29 is 37.6 Å². The van der Waals surface area contributed by atoms with Crippen LogP contribution in [0.15, 0.2) is 97.2 Å². The zero-order valence-electron chi connectivity index (χ0n) is 58.2. The molecule has 2 unspecified atom stereocenters. The van der Waals surface area contributed by atoms with Crippen molar-refractivity contribution in [1.29, 1.82) is 0 Å². The third-order valence-electron chi connectivity index (χ3n) is 16.5. The fourth-order valence-electron chi connectivity index (χ4n) is 10.9. The summed E-state index contributed by atoms with van der Waals surface area (Å²) in [5.74, 6) is -0.814. The highest BCUT2D eigenvalue weighted by molar-refractivity contribution is 7.47. The summed E-state index contributed by atoms with van der Waals surface area (Å²) in [7, 11) is -4.40. The molecule has 0 aliphatic carbocycles. The fourth-order valence-corrected chi connectivity index (χ4v) is 11.7. The molecule has 2 atom stereocenters. The van der Waals surface area contributed by atoms with E-state index in [4.69, 9.17) is 24.3 Å². The van der Waals surface area contributed by atoms with E-state index >= 15 is 0 Å². The van der Waals surface area contributed by atoms with Crippen molar-refractivity contribution in [3.8, 4) is 0 Å². The van der Waals surface area contributed by atoms with E-state index in [0.717, 1.165) is 83.5 Å². The molecule has 0 amide bonds. The fraction of sp³-hybridized carbons (Fsp3) is 0.772. The zero-order chi connectivity index (χ0) is 64.4. The van der Waals surface area contributed by atoms with E-state index in [2.05, 4.69) is 111 Å². The van der Waals surface area contributed by atoms with Crippen molar-refractivity contribution in [2.75, 3.05) is 26.4 Å². The van der Waals surface area contributed by atoms with Gasteiger partial charge in [0.2, 0.25) is 0 Å². The summed E-state index contributed by atoms with van der Waals surface area (Å²) in [6.45, 7) is 3.67. The SMILES string of the molecule is CC/C=C\C/C=C\C/C=C\C/C=C\C/C=C\CCCCCCCCCCCCCCCCCC(=O)OC(COC(=O)CCCCCCCCCCCCCCCCCCCCCCCC/C=C\C/C=C\C/C=C\CCCCCCC)COP(=O)(O)OCCN. The molecule has 3 N–H and O–H groups in total. The molecule has 516 valence electrons. The number of hydrogen-bond acceptors (Lipinski definition) is 8. The number of hydrogen-bond donors (Lipinski definition) is 2. The van der Waals surface area contributed by atoms with Gasteiger partial charge < -0.3 is 20.1 Å². The Balaban J connectivity index is 3.81. The number of allylic oxidation sites excluding steroid dienone is 16. The number of unbranched alkanes of at least 4 members (excludes halogenated alkanes) is 42. The second-order valence-electron chi connectivity index (χ2n) is 25.1. The molecule has 0 spiro atoms. The minimum atomic E-state index is -4.40. The van der Waals surface area contributed by atoms with Crippen LogP contribution in [0.5, 0.6) is 0 Å². The molecule has 0 saturated carbocycles. The van der Waals surface area contributed by atoms with Crippen LogP contribution in [0.1, 0.15) is 361 Å². The minimum Gasteiger partial charge on any atom is -0.462 e. The van der Waals surface area contributed by atoms with Gasteiger partial charge in [-0.15, -0.1) is 0 Å². The molecule has 0 aliphatic rings. The van der Waals surface area contributed by atoms with Crippen molar-refractivity contribution in [3.63, 3.8) is 0 Å². The van der Waals surface area contributed by atoms with Crippen molar-refractivity contribution in [3.05, 3.63) is 97.2 Å². The second-order valence-corrected chi connectivity index (χ2v) is 26.6. The highest BCUT2D eigenvalue weighted by Gasteiger charge is 2.26. The van der Waals surface area contributed by atoms with Gasteiger partial charge in [0.05, 0.1) is 13.2 Å². The van der Waals surface area contributed by atoms with Crippen LogP contribution in [0, 0.1) is 0 Å². The maximum atomic E-state index is 12.8. The van der Waals surface area contributed by atoms with Gasteiger partial charge in [0.1, 0.15) is 6.61 Å². The first-order valence-electron chi connectivity index (χ1n) is 37.7. The quantitative estimate of drug-likeness (QED) is 0.0264. The second kappa shape index (κ2) is 74.0. The van der Waals surface area contributed by atoms with E-state index in [-0.39, 0.29) is 38.6 Å². The van der Waals surface area contributed by atoms with E-state index in [1.807, 2.05) is 0 Å². The molecule has 0 aliphatic heterocycles. The summed E-state index contributed by atoms with van der Waals surface area (Å²) in [4.78, 5) is 35.4. The predicted octanol–water partition coefficient (Wildman–Crippen LogP) is 25.1. The van der Waals surface area contributed by atoms with Crippen LogP contribution >= 0.6 is 7.82 Å². The Morgan fingerprint density at radius 2 is 0.618 bits per heavy atom. The Kier molecular flexibility index (Phi) is 71.4. The van der Waals surface area contributed by atoms with Gasteiger partial charge in [0, 0.05) is 19.4 Å². The van der Waals surface area contributed by atoms with Crippen molar-refractivity contribution >= 4 is 19.8 Å². The van der Waals surface area contributed by atoms with E-state index in [1.54, 1.807) is 0 Å². The summed E-state index contributed by atoms with van der Waals surface area (Å²) in [6, 6.07) is 0. The Morgan fingerprint density at radius 3 is 0.921 bits per heavy atom. The average Bonchev–Trinajstić information content (AvgIpc) is 3.68. The van der Waals surface area contributed by atoms with Crippen molar-refractivity contribution in [1.82, 2.24) is 0 Å². The number of carbonyl (C=O) groups is 2. The van der Waals surface area contributed by atoms with Crippen LogP contribution in [-0.4, -0.2) is 49.3 Å². The van der Waals surface area contributed by atoms with Gasteiger partial charge in [0.25, 0.3) is 0 Å². The molecule has 9 nitrogen and oxygen atoms in total. The molecule has 0 bridgehead atoms. The van der Waals surface area contributed by atoms with Gasteiger partial charge in [0.15, 0.2) is 6.10 Å². The molecule has 0 aromatic rings. The van der Waals surface area contributed by atoms with Gasteiger partial charge in [-0.2, -0.15) is 0 Å². The number of rotatable bonds is 71. The van der Waals surface area contributed by atoms with Crippen molar-refractivity contribution in [2.24, 2.45) is 5.73 Å². The molecular weight excluding hydrogens is 1120 g/mol. The molecule has 0 aromatic carbocycles. The van der Waals surface area contributed by atoms with Gasteiger partial charge in [-0.1, -0.05) is 349 Å².